The molecule has 0 spiro atoms. The molecule has 0 radical (unpaired) electrons. The van der Waals surface area contributed by atoms with Crippen molar-refractivity contribution in [3.05, 3.63) is 59.8 Å². The zero-order valence-corrected chi connectivity index (χ0v) is 14.9. The molecule has 0 aliphatic carbocycles. The van der Waals surface area contributed by atoms with Crippen molar-refractivity contribution in [2.45, 2.75) is 24.4 Å². The summed E-state index contributed by atoms with van der Waals surface area (Å²) >= 11 is 0. The molecule has 3 rings (SSSR count). The number of benzene rings is 2. The fourth-order valence-corrected chi connectivity index (χ4v) is 3.51. The highest BCUT2D eigenvalue weighted by molar-refractivity contribution is 7.89. The predicted octanol–water partition coefficient (Wildman–Crippen LogP) is 4.24. The number of hydrogen-bond donors (Lipinski definition) is 1. The largest absolute Gasteiger partial charge is 0.416 e. The average molecular weight is 396 g/mol. The molecule has 27 heavy (non-hydrogen) atoms. The topological polar surface area (TPSA) is 86.2 Å². The summed E-state index contributed by atoms with van der Waals surface area (Å²) in [6.45, 7) is 1.81. The first kappa shape index (κ1) is 19.1. The summed E-state index contributed by atoms with van der Waals surface area (Å²) in [7, 11) is -4.04. The maximum Gasteiger partial charge on any atom is 0.416 e. The number of aromatic nitrogens is 1. The van der Waals surface area contributed by atoms with Crippen LogP contribution >= 0.6 is 0 Å². The summed E-state index contributed by atoms with van der Waals surface area (Å²) < 4.78 is 67.6. The predicted molar refractivity (Wildman–Crippen MR) is 93.1 cm³/mol. The minimum Gasteiger partial charge on any atom is -0.355 e. The van der Waals surface area contributed by atoms with Crippen LogP contribution < -0.4 is 5.14 Å². The van der Waals surface area contributed by atoms with Crippen molar-refractivity contribution in [2.75, 3.05) is 0 Å². The molecule has 0 aliphatic rings. The van der Waals surface area contributed by atoms with E-state index in [-0.39, 0.29) is 16.2 Å². The minimum absolute atomic E-state index is 0.135. The summed E-state index contributed by atoms with van der Waals surface area (Å²) in [5.74, 6) is 0.135. The van der Waals surface area contributed by atoms with Crippen molar-refractivity contribution >= 4 is 10.0 Å². The summed E-state index contributed by atoms with van der Waals surface area (Å²) in [6, 6.07) is 10.5. The van der Waals surface area contributed by atoms with Gasteiger partial charge in [0.05, 0.1) is 21.7 Å². The number of alkyl halides is 3. The van der Waals surface area contributed by atoms with E-state index in [1.54, 1.807) is 13.0 Å². The molecule has 9 heteroatoms. The van der Waals surface area contributed by atoms with Crippen molar-refractivity contribution < 1.29 is 26.1 Å². The van der Waals surface area contributed by atoms with E-state index in [4.69, 9.17) is 9.66 Å². The second-order valence-corrected chi connectivity index (χ2v) is 7.33. The van der Waals surface area contributed by atoms with Gasteiger partial charge in [-0.05, 0) is 36.2 Å². The lowest BCUT2D eigenvalue weighted by Gasteiger charge is -2.10. The molecule has 0 atom stereocenters. The molecule has 0 saturated heterocycles. The van der Waals surface area contributed by atoms with E-state index in [0.29, 0.717) is 23.2 Å². The molecule has 2 aromatic carbocycles. The smallest absolute Gasteiger partial charge is 0.355 e. The molecule has 3 aromatic rings. The van der Waals surface area contributed by atoms with E-state index >= 15 is 0 Å². The van der Waals surface area contributed by atoms with E-state index in [1.807, 2.05) is 0 Å². The summed E-state index contributed by atoms with van der Waals surface area (Å²) in [4.78, 5) is -0.156. The van der Waals surface area contributed by atoms with Gasteiger partial charge >= 0.3 is 6.18 Å². The first-order chi connectivity index (χ1) is 12.6. The average Bonchev–Trinajstić information content (AvgIpc) is 3.04. The number of nitrogens with zero attached hydrogens (tertiary/aromatic N) is 1. The van der Waals surface area contributed by atoms with Crippen LogP contribution in [-0.4, -0.2) is 13.6 Å². The number of halogens is 3. The van der Waals surface area contributed by atoms with Gasteiger partial charge in [-0.3, -0.25) is 0 Å². The Kier molecular flexibility index (Phi) is 4.83. The molecular weight excluding hydrogens is 381 g/mol. The molecule has 1 aromatic heterocycles. The van der Waals surface area contributed by atoms with Gasteiger partial charge < -0.3 is 4.52 Å². The highest BCUT2D eigenvalue weighted by atomic mass is 32.2. The first-order valence-corrected chi connectivity index (χ1v) is 9.46. The van der Waals surface area contributed by atoms with Gasteiger partial charge in [-0.25, -0.2) is 13.6 Å². The summed E-state index contributed by atoms with van der Waals surface area (Å²) in [6.07, 6.45) is -4.01. The number of primary sulfonamides is 1. The van der Waals surface area contributed by atoms with Crippen LogP contribution in [-0.2, 0) is 22.6 Å². The van der Waals surface area contributed by atoms with Crippen LogP contribution in [0.1, 0.15) is 18.2 Å². The molecule has 142 valence electrons. The summed E-state index contributed by atoms with van der Waals surface area (Å²) in [5, 5.41) is 9.22. The molecule has 0 amide bonds. The van der Waals surface area contributed by atoms with Crippen LogP contribution in [0.2, 0.25) is 0 Å². The van der Waals surface area contributed by atoms with Crippen LogP contribution in [0.5, 0.6) is 0 Å². The van der Waals surface area contributed by atoms with Crippen molar-refractivity contribution in [3.8, 4) is 22.5 Å². The molecule has 0 bridgehead atoms. The third-order valence-electron chi connectivity index (χ3n) is 4.04. The van der Waals surface area contributed by atoms with Gasteiger partial charge in [-0.1, -0.05) is 36.3 Å². The number of hydrogen-bond acceptors (Lipinski definition) is 4. The fraction of sp³-hybridized carbons (Fsp3) is 0.167. The quantitative estimate of drug-likeness (QED) is 0.715. The number of rotatable bonds is 4. The molecular formula is C18H15F3N2O3S. The van der Waals surface area contributed by atoms with Gasteiger partial charge in [-0.15, -0.1) is 0 Å². The van der Waals surface area contributed by atoms with E-state index in [2.05, 4.69) is 5.16 Å². The van der Waals surface area contributed by atoms with Crippen LogP contribution in [0.3, 0.4) is 0 Å². The summed E-state index contributed by atoms with van der Waals surface area (Å²) in [5.41, 5.74) is 0.769. The van der Waals surface area contributed by atoms with E-state index in [9.17, 15) is 21.6 Å². The lowest BCUT2D eigenvalue weighted by Crippen LogP contribution is -2.13. The number of sulfonamides is 1. The third-order valence-corrected chi connectivity index (χ3v) is 5.01. The standard InChI is InChI=1S/C18H15F3N2O3S/c1-2-14-16(11-7-9-12(10-8-11)18(19,20)21)17(26-23-14)13-5-3-4-6-15(13)27(22,24)25/h3-10H,2H2,1H3,(H2,22,24,25). The molecule has 2 N–H and O–H groups in total. The number of nitrogens with two attached hydrogens (primary N) is 1. The Balaban J connectivity index is 2.22. The monoisotopic (exact) mass is 396 g/mol. The van der Waals surface area contributed by atoms with Gasteiger partial charge in [0.1, 0.15) is 0 Å². The maximum atomic E-state index is 12.8. The fourth-order valence-electron chi connectivity index (χ4n) is 2.77. The van der Waals surface area contributed by atoms with Crippen LogP contribution in [0.25, 0.3) is 22.5 Å². The highest BCUT2D eigenvalue weighted by Gasteiger charge is 2.30. The lowest BCUT2D eigenvalue weighted by atomic mass is 9.97. The lowest BCUT2D eigenvalue weighted by molar-refractivity contribution is -0.137. The Bertz CT molecular complexity index is 1070. The van der Waals surface area contributed by atoms with Gasteiger partial charge in [0.2, 0.25) is 10.0 Å². The maximum absolute atomic E-state index is 12.8. The van der Waals surface area contributed by atoms with E-state index in [0.717, 1.165) is 12.1 Å². The highest BCUT2D eigenvalue weighted by Crippen LogP contribution is 2.39. The SMILES string of the molecule is CCc1noc(-c2ccccc2S(N)(=O)=O)c1-c1ccc(C(F)(F)F)cc1. The second kappa shape index (κ2) is 6.82. The zero-order valence-electron chi connectivity index (χ0n) is 14.1. The van der Waals surface area contributed by atoms with Crippen molar-refractivity contribution in [3.63, 3.8) is 0 Å². The normalized spacial score (nSPS) is 12.3. The van der Waals surface area contributed by atoms with Crippen LogP contribution in [0.4, 0.5) is 13.2 Å². The molecule has 0 fully saturated rings. The molecule has 0 saturated carbocycles. The van der Waals surface area contributed by atoms with Crippen LogP contribution in [0, 0.1) is 0 Å². The third kappa shape index (κ3) is 3.74. The first-order valence-electron chi connectivity index (χ1n) is 7.91. The van der Waals surface area contributed by atoms with Crippen molar-refractivity contribution in [1.29, 1.82) is 0 Å². The number of aryl methyl sites for hydroxylation is 1. The van der Waals surface area contributed by atoms with Gasteiger partial charge in [0.15, 0.2) is 5.76 Å². The molecule has 1 heterocycles. The molecule has 0 aliphatic heterocycles. The Morgan fingerprint density at radius 1 is 1.07 bits per heavy atom. The van der Waals surface area contributed by atoms with Gasteiger partial charge in [-0.2, -0.15) is 13.2 Å². The van der Waals surface area contributed by atoms with Crippen LogP contribution in [0.15, 0.2) is 57.9 Å². The van der Waals surface area contributed by atoms with Crippen molar-refractivity contribution in [2.24, 2.45) is 5.14 Å². The van der Waals surface area contributed by atoms with E-state index in [1.165, 1.54) is 30.3 Å². The molecule has 5 nitrogen and oxygen atoms in total. The second-order valence-electron chi connectivity index (χ2n) is 5.80. The zero-order chi connectivity index (χ0) is 19.8. The Hall–Kier alpha value is -2.65. The van der Waals surface area contributed by atoms with Crippen molar-refractivity contribution in [1.82, 2.24) is 5.16 Å². The Morgan fingerprint density at radius 3 is 2.26 bits per heavy atom. The van der Waals surface area contributed by atoms with Gasteiger partial charge in [0.25, 0.3) is 0 Å². The Morgan fingerprint density at radius 2 is 1.70 bits per heavy atom. The Labute approximate surface area is 153 Å². The minimum atomic E-state index is -4.45. The molecule has 0 unspecified atom stereocenters. The van der Waals surface area contributed by atoms with E-state index < -0.39 is 21.8 Å². The van der Waals surface area contributed by atoms with Gasteiger partial charge in [0, 0.05) is 5.56 Å².